The first-order valence-corrected chi connectivity index (χ1v) is 10.5. The molecule has 2 heterocycles. The molecule has 3 aromatic rings. The Morgan fingerprint density at radius 1 is 1.03 bits per heavy atom. The number of nitrogens with one attached hydrogen (secondary N) is 2. The van der Waals surface area contributed by atoms with Gasteiger partial charge in [0.05, 0.1) is 18.5 Å². The Morgan fingerprint density at radius 3 is 2.80 bits per heavy atom. The maximum atomic E-state index is 14.5. The summed E-state index contributed by atoms with van der Waals surface area (Å²) in [6.45, 7) is 1.19. The molecule has 2 N–H and O–H groups in total. The second-order valence-corrected chi connectivity index (χ2v) is 7.39. The minimum absolute atomic E-state index is 0.0988. The fraction of sp³-hybridized carbons (Fsp3) is 0.273. The maximum Gasteiger partial charge on any atom is 0.227 e. The second kappa shape index (κ2) is 9.30. The molecule has 0 amide bonds. The molecule has 5 nitrogen and oxygen atoms in total. The van der Waals surface area contributed by atoms with Crippen molar-refractivity contribution in [2.24, 2.45) is 0 Å². The van der Waals surface area contributed by atoms with Crippen molar-refractivity contribution >= 4 is 30.0 Å². The van der Waals surface area contributed by atoms with Gasteiger partial charge in [-0.3, -0.25) is 0 Å². The van der Waals surface area contributed by atoms with E-state index < -0.39 is 5.82 Å². The molecule has 1 aromatic heterocycles. The number of fused-ring (bicyclic) bond motifs is 7. The Labute approximate surface area is 179 Å². The van der Waals surface area contributed by atoms with Crippen LogP contribution in [0.25, 0.3) is 11.3 Å². The topological polar surface area (TPSA) is 59.1 Å². The van der Waals surface area contributed by atoms with Crippen LogP contribution < -0.4 is 15.4 Å². The quantitative estimate of drug-likeness (QED) is 0.443. The van der Waals surface area contributed by atoms with E-state index in [4.69, 9.17) is 4.74 Å². The average Bonchev–Trinajstić information content (AvgIpc) is 2.75. The number of hydrogen-bond acceptors (Lipinski definition) is 6. The van der Waals surface area contributed by atoms with Crippen LogP contribution >= 0.6 is 12.6 Å². The number of aromatic nitrogens is 2. The van der Waals surface area contributed by atoms with Gasteiger partial charge >= 0.3 is 0 Å². The molecule has 1 aliphatic rings. The number of thiol groups is 1. The van der Waals surface area contributed by atoms with Gasteiger partial charge in [0.2, 0.25) is 5.95 Å². The smallest absolute Gasteiger partial charge is 0.227 e. The highest BCUT2D eigenvalue weighted by Gasteiger charge is 2.13. The van der Waals surface area contributed by atoms with Crippen molar-refractivity contribution in [3.63, 3.8) is 0 Å². The van der Waals surface area contributed by atoms with Crippen LogP contribution in [0.2, 0.25) is 0 Å². The predicted octanol–water partition coefficient (Wildman–Crippen LogP) is 5.57. The van der Waals surface area contributed by atoms with Crippen molar-refractivity contribution in [1.82, 2.24) is 9.97 Å². The largest absolute Gasteiger partial charge is 0.494 e. The lowest BCUT2D eigenvalue weighted by Gasteiger charge is -2.12. The van der Waals surface area contributed by atoms with Crippen LogP contribution in [0.1, 0.15) is 24.8 Å². The van der Waals surface area contributed by atoms with E-state index in [0.717, 1.165) is 42.5 Å². The van der Waals surface area contributed by atoms with Crippen LogP contribution in [0.4, 0.5) is 26.1 Å². The van der Waals surface area contributed by atoms with Gasteiger partial charge in [0, 0.05) is 29.6 Å². The van der Waals surface area contributed by atoms with Gasteiger partial charge in [0.1, 0.15) is 17.3 Å². The zero-order valence-corrected chi connectivity index (χ0v) is 17.2. The number of anilines is 3. The molecule has 0 radical (unpaired) electrons. The summed E-state index contributed by atoms with van der Waals surface area (Å²) in [5, 5.41) is 6.20. The van der Waals surface area contributed by atoms with Crippen molar-refractivity contribution in [3.8, 4) is 17.0 Å². The van der Waals surface area contributed by atoms with E-state index in [9.17, 15) is 8.78 Å². The molecule has 0 saturated heterocycles. The first kappa shape index (κ1) is 20.4. The highest BCUT2D eigenvalue weighted by atomic mass is 32.1. The third kappa shape index (κ3) is 4.81. The molecule has 1 aliphatic heterocycles. The molecular formula is C22H22F2N4OS. The molecule has 0 atom stereocenters. The van der Waals surface area contributed by atoms with Crippen molar-refractivity contribution in [3.05, 3.63) is 59.8 Å². The summed E-state index contributed by atoms with van der Waals surface area (Å²) in [6, 6.07) is 10.1. The standard InChI is InChI=1S/C22H22F2N4OS/c23-18-5-4-15-10-20(18)25-6-2-1-3-7-29-17-9-14(13-30)8-16(11-17)27-22-26-12-19(24)21(15)28-22/h4-5,8-12,25,30H,1-3,6-7,13H2,(H,26,27,28). The lowest BCUT2D eigenvalue weighted by atomic mass is 10.1. The Balaban J connectivity index is 1.75. The maximum absolute atomic E-state index is 14.5. The van der Waals surface area contributed by atoms with Gasteiger partial charge in [0.25, 0.3) is 0 Å². The van der Waals surface area contributed by atoms with Crippen molar-refractivity contribution in [2.75, 3.05) is 23.8 Å². The van der Waals surface area contributed by atoms with Gasteiger partial charge in [-0.05, 0) is 55.2 Å². The summed E-state index contributed by atoms with van der Waals surface area (Å²) in [5.41, 5.74) is 2.59. The Bertz CT molecular complexity index is 1050. The molecule has 0 aliphatic carbocycles. The molecule has 2 aromatic carbocycles. The molecule has 30 heavy (non-hydrogen) atoms. The third-order valence-electron chi connectivity index (χ3n) is 4.79. The number of ether oxygens (including phenoxy) is 1. The summed E-state index contributed by atoms with van der Waals surface area (Å²) in [7, 11) is 0. The monoisotopic (exact) mass is 428 g/mol. The highest BCUT2D eigenvalue weighted by Crippen LogP contribution is 2.28. The lowest BCUT2D eigenvalue weighted by molar-refractivity contribution is 0.306. The Hall–Kier alpha value is -2.87. The van der Waals surface area contributed by atoms with Gasteiger partial charge in [-0.1, -0.05) is 0 Å². The molecule has 0 fully saturated rings. The summed E-state index contributed by atoms with van der Waals surface area (Å²) in [4.78, 5) is 8.37. The predicted molar refractivity (Wildman–Crippen MR) is 118 cm³/mol. The Morgan fingerprint density at radius 2 is 1.93 bits per heavy atom. The molecule has 4 rings (SSSR count). The van der Waals surface area contributed by atoms with Gasteiger partial charge in [-0.25, -0.2) is 18.7 Å². The van der Waals surface area contributed by atoms with E-state index in [0.29, 0.717) is 30.2 Å². The van der Waals surface area contributed by atoms with Gasteiger partial charge in [-0.2, -0.15) is 12.6 Å². The number of nitrogens with zero attached hydrogens (tertiary/aromatic N) is 2. The van der Waals surface area contributed by atoms with E-state index in [1.54, 1.807) is 6.07 Å². The minimum Gasteiger partial charge on any atom is -0.494 e. The van der Waals surface area contributed by atoms with Crippen molar-refractivity contribution in [1.29, 1.82) is 0 Å². The molecule has 0 unspecified atom stereocenters. The zero-order valence-electron chi connectivity index (χ0n) is 16.3. The van der Waals surface area contributed by atoms with Crippen LogP contribution in [0.3, 0.4) is 0 Å². The van der Waals surface area contributed by atoms with Crippen LogP contribution in [0, 0.1) is 11.6 Å². The molecule has 156 valence electrons. The molecule has 8 heteroatoms. The minimum atomic E-state index is -0.579. The zero-order chi connectivity index (χ0) is 20.9. The molecular weight excluding hydrogens is 406 g/mol. The van der Waals surface area contributed by atoms with Crippen molar-refractivity contribution < 1.29 is 13.5 Å². The fourth-order valence-electron chi connectivity index (χ4n) is 3.29. The highest BCUT2D eigenvalue weighted by molar-refractivity contribution is 7.79. The van der Waals surface area contributed by atoms with Gasteiger partial charge < -0.3 is 15.4 Å². The average molecular weight is 429 g/mol. The number of benzene rings is 2. The lowest BCUT2D eigenvalue weighted by Crippen LogP contribution is -2.05. The number of rotatable bonds is 1. The number of hydrogen-bond donors (Lipinski definition) is 3. The summed E-state index contributed by atoms with van der Waals surface area (Å²) >= 11 is 4.36. The first-order valence-electron chi connectivity index (χ1n) is 9.83. The third-order valence-corrected chi connectivity index (χ3v) is 5.16. The first-order chi connectivity index (χ1) is 14.6. The summed E-state index contributed by atoms with van der Waals surface area (Å²) in [5.74, 6) is 0.539. The molecule has 6 bridgehead atoms. The number of halogens is 2. The molecule has 0 saturated carbocycles. The fourth-order valence-corrected chi connectivity index (χ4v) is 3.47. The molecule has 0 spiro atoms. The summed E-state index contributed by atoms with van der Waals surface area (Å²) < 4.78 is 34.6. The SMILES string of the molecule is Fc1ccc2cc1NCCCCCOc1cc(CS)cc(c1)Nc1ncc(F)c-2n1. The van der Waals surface area contributed by atoms with Gasteiger partial charge in [0.15, 0.2) is 5.82 Å². The summed E-state index contributed by atoms with van der Waals surface area (Å²) in [6.07, 6.45) is 3.79. The van der Waals surface area contributed by atoms with Crippen LogP contribution in [-0.2, 0) is 5.75 Å². The van der Waals surface area contributed by atoms with E-state index >= 15 is 0 Å². The van der Waals surface area contributed by atoms with E-state index in [2.05, 4.69) is 33.2 Å². The normalized spacial score (nSPS) is 14.1. The van der Waals surface area contributed by atoms with Crippen LogP contribution in [0.15, 0.2) is 42.6 Å². The van der Waals surface area contributed by atoms with Crippen molar-refractivity contribution in [2.45, 2.75) is 25.0 Å². The second-order valence-electron chi connectivity index (χ2n) is 7.07. The van der Waals surface area contributed by atoms with E-state index in [-0.39, 0.29) is 17.5 Å². The van der Waals surface area contributed by atoms with E-state index in [1.807, 2.05) is 18.2 Å². The Kier molecular flexibility index (Phi) is 6.32. The van der Waals surface area contributed by atoms with E-state index in [1.165, 1.54) is 12.1 Å². The van der Waals surface area contributed by atoms with Gasteiger partial charge in [-0.15, -0.1) is 0 Å². The van der Waals surface area contributed by atoms with Crippen LogP contribution in [-0.4, -0.2) is 23.1 Å². The van der Waals surface area contributed by atoms with Crippen LogP contribution in [0.5, 0.6) is 5.75 Å².